The molecule has 1 aromatic heterocycles. The molecule has 0 aliphatic carbocycles. The molecule has 0 aromatic carbocycles. The summed E-state index contributed by atoms with van der Waals surface area (Å²) >= 11 is 0. The third kappa shape index (κ3) is 5.40. The molecule has 2 aliphatic rings. The van der Waals surface area contributed by atoms with Gasteiger partial charge in [-0.1, -0.05) is 0 Å². The quantitative estimate of drug-likeness (QED) is 0.671. The molecule has 1 unspecified atom stereocenters. The van der Waals surface area contributed by atoms with Crippen molar-refractivity contribution < 1.29 is 18.8 Å². The first-order valence-corrected chi connectivity index (χ1v) is 10.6. The average molecular weight is 420 g/mol. The number of carbonyl (C=O) groups is 3. The smallest absolute Gasteiger partial charge is 0.289 e. The average Bonchev–Trinajstić information content (AvgIpc) is 3.19. The Morgan fingerprint density at radius 1 is 1.00 bits per heavy atom. The van der Waals surface area contributed by atoms with Gasteiger partial charge in [0.05, 0.1) is 18.8 Å². The van der Waals surface area contributed by atoms with E-state index in [1.165, 1.54) is 6.26 Å². The van der Waals surface area contributed by atoms with Crippen molar-refractivity contribution >= 4 is 17.7 Å². The molecule has 3 heterocycles. The van der Waals surface area contributed by atoms with Crippen LogP contribution in [0.4, 0.5) is 0 Å². The van der Waals surface area contributed by atoms with E-state index in [0.717, 1.165) is 32.6 Å². The van der Waals surface area contributed by atoms with Crippen LogP contribution in [-0.2, 0) is 9.59 Å². The van der Waals surface area contributed by atoms with Gasteiger partial charge in [0.25, 0.3) is 5.91 Å². The van der Waals surface area contributed by atoms with Gasteiger partial charge in [0, 0.05) is 59.9 Å². The summed E-state index contributed by atoms with van der Waals surface area (Å²) < 4.78 is 5.19. The molecular weight excluding hydrogens is 386 g/mol. The van der Waals surface area contributed by atoms with E-state index in [4.69, 9.17) is 4.42 Å². The Morgan fingerprint density at radius 2 is 1.70 bits per heavy atom. The third-order valence-corrected chi connectivity index (χ3v) is 6.00. The summed E-state index contributed by atoms with van der Waals surface area (Å²) in [7, 11) is 3.55. The molecule has 0 N–H and O–H groups in total. The molecule has 9 heteroatoms. The number of amides is 3. The van der Waals surface area contributed by atoms with Crippen LogP contribution >= 0.6 is 0 Å². The lowest BCUT2D eigenvalue weighted by atomic mass is 10.2. The number of rotatable bonds is 5. The van der Waals surface area contributed by atoms with Crippen LogP contribution < -0.4 is 0 Å². The van der Waals surface area contributed by atoms with Crippen LogP contribution in [0.5, 0.6) is 0 Å². The Morgan fingerprint density at radius 3 is 2.33 bits per heavy atom. The molecule has 3 amide bonds. The highest BCUT2D eigenvalue weighted by atomic mass is 16.3. The van der Waals surface area contributed by atoms with Crippen LogP contribution in [0.2, 0.25) is 0 Å². The highest BCUT2D eigenvalue weighted by Gasteiger charge is 2.31. The van der Waals surface area contributed by atoms with Crippen molar-refractivity contribution in [2.45, 2.75) is 19.4 Å². The van der Waals surface area contributed by atoms with Crippen molar-refractivity contribution in [3.8, 4) is 0 Å². The topological polar surface area (TPSA) is 80.5 Å². The third-order valence-electron chi connectivity index (χ3n) is 6.00. The lowest BCUT2D eigenvalue weighted by Crippen LogP contribution is -2.55. The molecule has 166 valence electrons. The van der Waals surface area contributed by atoms with Crippen LogP contribution in [-0.4, -0.2) is 121 Å². The van der Waals surface area contributed by atoms with Gasteiger partial charge in [-0.05, 0) is 32.0 Å². The van der Waals surface area contributed by atoms with E-state index in [1.54, 1.807) is 36.0 Å². The molecule has 2 saturated heterocycles. The van der Waals surface area contributed by atoms with Gasteiger partial charge in [0.2, 0.25) is 11.8 Å². The Kier molecular flexibility index (Phi) is 7.49. The molecule has 2 fully saturated rings. The fourth-order valence-corrected chi connectivity index (χ4v) is 3.98. The van der Waals surface area contributed by atoms with Crippen molar-refractivity contribution in [1.82, 2.24) is 24.5 Å². The maximum absolute atomic E-state index is 13.1. The van der Waals surface area contributed by atoms with Crippen molar-refractivity contribution in [1.29, 1.82) is 0 Å². The zero-order chi connectivity index (χ0) is 21.7. The van der Waals surface area contributed by atoms with Crippen LogP contribution in [0.15, 0.2) is 22.8 Å². The predicted molar refractivity (Wildman–Crippen MR) is 112 cm³/mol. The number of hydrogen-bond acceptors (Lipinski definition) is 6. The second-order valence-corrected chi connectivity index (χ2v) is 8.22. The van der Waals surface area contributed by atoms with Crippen LogP contribution in [0, 0.1) is 0 Å². The first-order chi connectivity index (χ1) is 14.4. The summed E-state index contributed by atoms with van der Waals surface area (Å²) in [5, 5.41) is 0. The van der Waals surface area contributed by atoms with Crippen LogP contribution in [0.1, 0.15) is 23.9 Å². The minimum absolute atomic E-state index is 0.106. The van der Waals surface area contributed by atoms with Gasteiger partial charge >= 0.3 is 0 Å². The number of piperazine rings is 1. The Balaban J connectivity index is 1.47. The first-order valence-electron chi connectivity index (χ1n) is 10.6. The van der Waals surface area contributed by atoms with E-state index >= 15 is 0 Å². The lowest BCUT2D eigenvalue weighted by Gasteiger charge is -2.37. The lowest BCUT2D eigenvalue weighted by molar-refractivity contribution is -0.138. The summed E-state index contributed by atoms with van der Waals surface area (Å²) in [5.74, 6) is 0.428. The van der Waals surface area contributed by atoms with E-state index in [-0.39, 0.29) is 23.8 Å². The van der Waals surface area contributed by atoms with E-state index in [9.17, 15) is 14.4 Å². The molecule has 1 atom stereocenters. The fraction of sp³-hybridized carbons (Fsp3) is 0.667. The Labute approximate surface area is 178 Å². The molecule has 0 saturated carbocycles. The molecular formula is C21H33N5O4. The van der Waals surface area contributed by atoms with E-state index < -0.39 is 0 Å². The second-order valence-electron chi connectivity index (χ2n) is 8.22. The Hall–Kier alpha value is -2.39. The van der Waals surface area contributed by atoms with Crippen molar-refractivity contribution in [2.75, 3.05) is 73.0 Å². The van der Waals surface area contributed by atoms with Gasteiger partial charge in [0.1, 0.15) is 0 Å². The van der Waals surface area contributed by atoms with Crippen LogP contribution in [0.3, 0.4) is 0 Å². The Bertz CT molecular complexity index is 728. The number of likely N-dealkylation sites (N-methyl/N-ethyl adjacent to an activating group) is 1. The van der Waals surface area contributed by atoms with E-state index in [2.05, 4.69) is 9.80 Å². The number of nitrogens with zero attached hydrogens (tertiary/aromatic N) is 5. The SMILES string of the molecule is CC(C(=O)N1CCN(C(=O)c2ccco2)CC1)N1CCCN(CC(=O)N(C)C)CC1. The summed E-state index contributed by atoms with van der Waals surface area (Å²) in [5.41, 5.74) is 0. The fourth-order valence-electron chi connectivity index (χ4n) is 3.98. The molecule has 0 spiro atoms. The molecule has 0 radical (unpaired) electrons. The molecule has 2 aliphatic heterocycles. The van der Waals surface area contributed by atoms with Crippen LogP contribution in [0.25, 0.3) is 0 Å². The van der Waals surface area contributed by atoms with E-state index in [0.29, 0.717) is 38.5 Å². The number of carbonyl (C=O) groups excluding carboxylic acids is 3. The molecule has 0 bridgehead atoms. The van der Waals surface area contributed by atoms with Gasteiger partial charge in [-0.3, -0.25) is 24.2 Å². The van der Waals surface area contributed by atoms with Crippen molar-refractivity contribution in [3.05, 3.63) is 24.2 Å². The summed E-state index contributed by atoms with van der Waals surface area (Å²) in [6, 6.07) is 3.16. The van der Waals surface area contributed by atoms with Gasteiger partial charge in [-0.15, -0.1) is 0 Å². The van der Waals surface area contributed by atoms with Crippen molar-refractivity contribution in [2.24, 2.45) is 0 Å². The standard InChI is InChI=1S/C21H33N5O4/c1-17(24-8-5-7-23(9-10-24)16-19(27)22(2)3)20(28)25-11-13-26(14-12-25)21(29)18-6-4-15-30-18/h4,6,15,17H,5,7-14,16H2,1-3H3. The first kappa shape index (κ1) is 22.3. The largest absolute Gasteiger partial charge is 0.459 e. The number of furan rings is 1. The summed E-state index contributed by atoms with van der Waals surface area (Å²) in [4.78, 5) is 47.0. The minimum Gasteiger partial charge on any atom is -0.459 e. The molecule has 30 heavy (non-hydrogen) atoms. The minimum atomic E-state index is -0.207. The monoisotopic (exact) mass is 419 g/mol. The van der Waals surface area contributed by atoms with Crippen molar-refractivity contribution in [3.63, 3.8) is 0 Å². The second kappa shape index (κ2) is 10.1. The van der Waals surface area contributed by atoms with Gasteiger partial charge in [-0.25, -0.2) is 0 Å². The molecule has 3 rings (SSSR count). The zero-order valence-corrected chi connectivity index (χ0v) is 18.2. The predicted octanol–water partition coefficient (Wildman–Crippen LogP) is 0.0484. The molecule has 1 aromatic rings. The van der Waals surface area contributed by atoms with Gasteiger partial charge in [0.15, 0.2) is 5.76 Å². The van der Waals surface area contributed by atoms with Gasteiger partial charge in [-0.2, -0.15) is 0 Å². The normalized spacial score (nSPS) is 20.0. The molecule has 9 nitrogen and oxygen atoms in total. The highest BCUT2D eigenvalue weighted by Crippen LogP contribution is 2.13. The van der Waals surface area contributed by atoms with Gasteiger partial charge < -0.3 is 19.1 Å². The van der Waals surface area contributed by atoms with E-state index in [1.807, 2.05) is 11.8 Å². The zero-order valence-electron chi connectivity index (χ0n) is 18.2. The highest BCUT2D eigenvalue weighted by molar-refractivity contribution is 5.91. The maximum atomic E-state index is 13.1. The number of hydrogen-bond donors (Lipinski definition) is 0. The maximum Gasteiger partial charge on any atom is 0.289 e. The summed E-state index contributed by atoms with van der Waals surface area (Å²) in [6.45, 7) is 7.74. The summed E-state index contributed by atoms with van der Waals surface area (Å²) in [6.07, 6.45) is 2.43.